The number of anilines is 2. The molecule has 0 radical (unpaired) electrons. The molecule has 0 amide bonds. The van der Waals surface area contributed by atoms with Crippen LogP contribution in [0.15, 0.2) is 22.0 Å². The molecule has 3 rings (SSSR count). The van der Waals surface area contributed by atoms with Crippen molar-refractivity contribution in [2.75, 3.05) is 23.3 Å². The van der Waals surface area contributed by atoms with E-state index in [2.05, 4.69) is 27.1 Å². The summed E-state index contributed by atoms with van der Waals surface area (Å²) in [7, 11) is 2.94. The van der Waals surface area contributed by atoms with Crippen LogP contribution >= 0.6 is 0 Å². The molecule has 9 heteroatoms. The Balaban J connectivity index is 1.76. The number of hydrogen-bond acceptors (Lipinski definition) is 7. The highest BCUT2D eigenvalue weighted by Crippen LogP contribution is 2.21. The van der Waals surface area contributed by atoms with E-state index in [1.807, 2.05) is 12.1 Å². The number of aromatic nitrogens is 4. The lowest BCUT2D eigenvalue weighted by molar-refractivity contribution is 0.517. The molecule has 142 valence electrons. The van der Waals surface area contributed by atoms with Gasteiger partial charge in [0.1, 0.15) is 24.0 Å². The molecule has 0 atom stereocenters. The van der Waals surface area contributed by atoms with Crippen molar-refractivity contribution >= 4 is 11.6 Å². The summed E-state index contributed by atoms with van der Waals surface area (Å²) in [6.45, 7) is 3.64. The number of nitrogens with zero attached hydrogens (tertiary/aromatic N) is 6. The average Bonchev–Trinajstić information content (AvgIpc) is 2.71. The van der Waals surface area contributed by atoms with Crippen LogP contribution in [0.4, 0.5) is 11.6 Å². The zero-order valence-electron chi connectivity index (χ0n) is 15.8. The summed E-state index contributed by atoms with van der Waals surface area (Å²) in [5.74, 6) is 1.21. The van der Waals surface area contributed by atoms with Crippen LogP contribution in [0.25, 0.3) is 0 Å². The second-order valence-corrected chi connectivity index (χ2v) is 6.67. The third-order valence-electron chi connectivity index (χ3n) is 5.01. The normalized spacial score (nSPS) is 14.8. The SMILES string of the molecule is CCc1cc(N2CCC(Nc3c(C#N)c(=O)n(C)c(=O)n3C)CC2)ncn1. The fourth-order valence-corrected chi connectivity index (χ4v) is 3.31. The first-order valence-corrected chi connectivity index (χ1v) is 8.98. The molecule has 1 aliphatic heterocycles. The summed E-state index contributed by atoms with van der Waals surface area (Å²) in [6.07, 6.45) is 4.06. The maximum absolute atomic E-state index is 12.2. The second kappa shape index (κ2) is 7.61. The summed E-state index contributed by atoms with van der Waals surface area (Å²) >= 11 is 0. The molecule has 9 nitrogen and oxygen atoms in total. The maximum Gasteiger partial charge on any atom is 0.332 e. The zero-order valence-corrected chi connectivity index (χ0v) is 15.8. The average molecular weight is 369 g/mol. The first kappa shape index (κ1) is 18.6. The Kier molecular flexibility index (Phi) is 5.26. The molecule has 0 unspecified atom stereocenters. The van der Waals surface area contributed by atoms with Crippen LogP contribution in [0.2, 0.25) is 0 Å². The molecule has 1 N–H and O–H groups in total. The minimum absolute atomic E-state index is 0.0367. The maximum atomic E-state index is 12.2. The fourth-order valence-electron chi connectivity index (χ4n) is 3.31. The van der Waals surface area contributed by atoms with Gasteiger partial charge in [0.25, 0.3) is 5.56 Å². The molecular formula is C18H23N7O2. The molecule has 0 aromatic carbocycles. The van der Waals surface area contributed by atoms with Crippen molar-refractivity contribution in [2.45, 2.75) is 32.2 Å². The van der Waals surface area contributed by atoms with Gasteiger partial charge in [0.2, 0.25) is 0 Å². The van der Waals surface area contributed by atoms with Gasteiger partial charge < -0.3 is 10.2 Å². The molecule has 3 heterocycles. The Hall–Kier alpha value is -3.15. The summed E-state index contributed by atoms with van der Waals surface area (Å²) in [5, 5.41) is 12.6. The van der Waals surface area contributed by atoms with Gasteiger partial charge in [-0.1, -0.05) is 6.92 Å². The van der Waals surface area contributed by atoms with Gasteiger partial charge in [-0.15, -0.1) is 0 Å². The van der Waals surface area contributed by atoms with Crippen molar-refractivity contribution in [1.29, 1.82) is 5.26 Å². The first-order valence-electron chi connectivity index (χ1n) is 8.98. The first-order chi connectivity index (χ1) is 13.0. The Bertz CT molecular complexity index is 994. The van der Waals surface area contributed by atoms with Gasteiger partial charge in [-0.2, -0.15) is 5.26 Å². The summed E-state index contributed by atoms with van der Waals surface area (Å²) in [6, 6.07) is 4.00. The van der Waals surface area contributed by atoms with Crippen LogP contribution in [0, 0.1) is 11.3 Å². The van der Waals surface area contributed by atoms with E-state index in [1.165, 1.54) is 11.6 Å². The molecule has 0 saturated carbocycles. The highest BCUT2D eigenvalue weighted by Gasteiger charge is 2.23. The molecular weight excluding hydrogens is 346 g/mol. The molecule has 0 bridgehead atoms. The Labute approximate surface area is 156 Å². The van der Waals surface area contributed by atoms with Crippen LogP contribution in [0.1, 0.15) is 31.0 Å². The lowest BCUT2D eigenvalue weighted by Crippen LogP contribution is -2.43. The van der Waals surface area contributed by atoms with Gasteiger partial charge in [-0.25, -0.2) is 14.8 Å². The number of rotatable bonds is 4. The highest BCUT2D eigenvalue weighted by atomic mass is 16.2. The van der Waals surface area contributed by atoms with E-state index < -0.39 is 11.2 Å². The van der Waals surface area contributed by atoms with Gasteiger partial charge in [-0.3, -0.25) is 13.9 Å². The number of nitrogens with one attached hydrogen (secondary N) is 1. The molecule has 1 saturated heterocycles. The minimum atomic E-state index is -0.575. The lowest BCUT2D eigenvalue weighted by atomic mass is 10.0. The Morgan fingerprint density at radius 3 is 2.56 bits per heavy atom. The van der Waals surface area contributed by atoms with Gasteiger partial charge >= 0.3 is 5.69 Å². The molecule has 2 aromatic rings. The van der Waals surface area contributed by atoms with Gasteiger partial charge in [-0.05, 0) is 19.3 Å². The largest absolute Gasteiger partial charge is 0.367 e. The zero-order chi connectivity index (χ0) is 19.6. The summed E-state index contributed by atoms with van der Waals surface area (Å²) in [5.41, 5.74) is -0.0555. The highest BCUT2D eigenvalue weighted by molar-refractivity contribution is 5.52. The van der Waals surface area contributed by atoms with Gasteiger partial charge in [0.15, 0.2) is 5.56 Å². The van der Waals surface area contributed by atoms with Crippen LogP contribution in [0.5, 0.6) is 0 Å². The predicted molar refractivity (Wildman–Crippen MR) is 102 cm³/mol. The number of nitriles is 1. The number of hydrogen-bond donors (Lipinski definition) is 1. The predicted octanol–water partition coefficient (Wildman–Crippen LogP) is 0.389. The monoisotopic (exact) mass is 369 g/mol. The molecule has 1 aliphatic rings. The van der Waals surface area contributed by atoms with E-state index in [1.54, 1.807) is 13.4 Å². The standard InChI is InChI=1S/C18H23N7O2/c1-4-12-9-15(21-11-20-12)25-7-5-13(6-8-25)22-16-14(10-19)17(26)24(3)18(27)23(16)2/h9,11,13,22H,4-8H2,1-3H3. The third kappa shape index (κ3) is 3.56. The van der Waals surface area contributed by atoms with Crippen LogP contribution in [-0.2, 0) is 20.5 Å². The van der Waals surface area contributed by atoms with Crippen LogP contribution in [-0.4, -0.2) is 38.2 Å². The lowest BCUT2D eigenvalue weighted by Gasteiger charge is -2.34. The van der Waals surface area contributed by atoms with E-state index in [4.69, 9.17) is 0 Å². The van der Waals surface area contributed by atoms with Gasteiger partial charge in [0.05, 0.1) is 0 Å². The Morgan fingerprint density at radius 1 is 1.22 bits per heavy atom. The topological polar surface area (TPSA) is 109 Å². The molecule has 0 aliphatic carbocycles. The number of aryl methyl sites for hydroxylation is 1. The van der Waals surface area contributed by atoms with Crippen LogP contribution < -0.4 is 21.5 Å². The van der Waals surface area contributed by atoms with Crippen LogP contribution in [0.3, 0.4) is 0 Å². The van der Waals surface area contributed by atoms with Crippen molar-refractivity contribution < 1.29 is 0 Å². The quantitative estimate of drug-likeness (QED) is 0.830. The molecule has 2 aromatic heterocycles. The van der Waals surface area contributed by atoms with E-state index in [-0.39, 0.29) is 11.6 Å². The third-order valence-corrected chi connectivity index (χ3v) is 5.01. The van der Waals surface area contributed by atoms with E-state index in [0.29, 0.717) is 5.82 Å². The van der Waals surface area contributed by atoms with E-state index in [9.17, 15) is 14.9 Å². The van der Waals surface area contributed by atoms with E-state index >= 15 is 0 Å². The van der Waals surface area contributed by atoms with Crippen molar-refractivity contribution in [1.82, 2.24) is 19.1 Å². The Morgan fingerprint density at radius 2 is 1.93 bits per heavy atom. The van der Waals surface area contributed by atoms with Crippen molar-refractivity contribution in [3.05, 3.63) is 44.5 Å². The smallest absolute Gasteiger partial charge is 0.332 e. The minimum Gasteiger partial charge on any atom is -0.367 e. The summed E-state index contributed by atoms with van der Waals surface area (Å²) in [4.78, 5) is 35.2. The van der Waals surface area contributed by atoms with Crippen molar-refractivity contribution in [3.63, 3.8) is 0 Å². The van der Waals surface area contributed by atoms with E-state index in [0.717, 1.165) is 48.4 Å². The molecule has 0 spiro atoms. The second-order valence-electron chi connectivity index (χ2n) is 6.67. The fraction of sp³-hybridized carbons (Fsp3) is 0.500. The molecule has 1 fully saturated rings. The van der Waals surface area contributed by atoms with Crippen molar-refractivity contribution in [3.8, 4) is 6.07 Å². The van der Waals surface area contributed by atoms with Crippen molar-refractivity contribution in [2.24, 2.45) is 14.1 Å². The van der Waals surface area contributed by atoms with Gasteiger partial charge in [0, 0.05) is 45.0 Å². The molecule has 27 heavy (non-hydrogen) atoms. The summed E-state index contributed by atoms with van der Waals surface area (Å²) < 4.78 is 2.27. The number of piperidine rings is 1.